The summed E-state index contributed by atoms with van der Waals surface area (Å²) in [6.07, 6.45) is 0.229. The summed E-state index contributed by atoms with van der Waals surface area (Å²) in [7, 11) is 0. The van der Waals surface area contributed by atoms with Gasteiger partial charge in [0, 0.05) is 35.2 Å². The molecule has 0 spiro atoms. The number of rotatable bonds is 7. The van der Waals surface area contributed by atoms with Crippen LogP contribution < -0.4 is 5.32 Å². The first-order valence-electron chi connectivity index (χ1n) is 10.7. The van der Waals surface area contributed by atoms with Gasteiger partial charge in [0.1, 0.15) is 0 Å². The van der Waals surface area contributed by atoms with Gasteiger partial charge >= 0.3 is 5.97 Å². The van der Waals surface area contributed by atoms with Crippen molar-refractivity contribution in [1.82, 2.24) is 4.90 Å². The SMILES string of the molecule is Cc1cc(C)cc(NC(=O)COC(=O)CCCN2C(=O)c3cccc4cccc(c34)C2=O)c1. The number of carbonyl (C=O) groups is 4. The largest absolute Gasteiger partial charge is 0.456 e. The summed E-state index contributed by atoms with van der Waals surface area (Å²) in [6, 6.07) is 16.4. The molecule has 0 saturated heterocycles. The number of anilines is 1. The highest BCUT2D eigenvalue weighted by Gasteiger charge is 2.32. The van der Waals surface area contributed by atoms with E-state index < -0.39 is 18.5 Å². The zero-order valence-electron chi connectivity index (χ0n) is 18.5. The van der Waals surface area contributed by atoms with Gasteiger partial charge < -0.3 is 10.1 Å². The maximum Gasteiger partial charge on any atom is 0.306 e. The molecule has 3 aromatic rings. The summed E-state index contributed by atoms with van der Waals surface area (Å²) in [6.45, 7) is 3.55. The molecule has 0 radical (unpaired) electrons. The minimum atomic E-state index is -0.565. The van der Waals surface area contributed by atoms with Crippen molar-refractivity contribution in [2.24, 2.45) is 0 Å². The summed E-state index contributed by atoms with van der Waals surface area (Å²) in [4.78, 5) is 51.0. The molecule has 7 heteroatoms. The average molecular weight is 444 g/mol. The van der Waals surface area contributed by atoms with E-state index in [0.29, 0.717) is 22.2 Å². The summed E-state index contributed by atoms with van der Waals surface area (Å²) in [5, 5.41) is 4.21. The highest BCUT2D eigenvalue weighted by atomic mass is 16.5. The van der Waals surface area contributed by atoms with Crippen molar-refractivity contribution in [3.63, 3.8) is 0 Å². The van der Waals surface area contributed by atoms with Gasteiger partial charge in [-0.2, -0.15) is 0 Å². The van der Waals surface area contributed by atoms with Crippen LogP contribution in [0, 0.1) is 13.8 Å². The second-order valence-electron chi connectivity index (χ2n) is 8.16. The minimum absolute atomic E-state index is 0.0141. The number of esters is 1. The fourth-order valence-electron chi connectivity index (χ4n) is 4.13. The maximum absolute atomic E-state index is 12.9. The van der Waals surface area contributed by atoms with Crippen LogP contribution in [-0.2, 0) is 14.3 Å². The lowest BCUT2D eigenvalue weighted by Crippen LogP contribution is -2.41. The third-order valence-corrected chi connectivity index (χ3v) is 5.49. The molecule has 0 saturated carbocycles. The predicted octanol–water partition coefficient (Wildman–Crippen LogP) is 4.01. The zero-order valence-corrected chi connectivity index (χ0v) is 18.5. The number of hydrogen-bond donors (Lipinski definition) is 1. The first-order valence-corrected chi connectivity index (χ1v) is 10.7. The van der Waals surface area contributed by atoms with E-state index in [9.17, 15) is 19.2 Å². The number of hydrogen-bond acceptors (Lipinski definition) is 5. The Hall–Kier alpha value is -4.00. The van der Waals surface area contributed by atoms with Crippen LogP contribution in [0.25, 0.3) is 10.8 Å². The van der Waals surface area contributed by atoms with Crippen molar-refractivity contribution in [3.8, 4) is 0 Å². The topological polar surface area (TPSA) is 92.8 Å². The molecule has 0 atom stereocenters. The fourth-order valence-corrected chi connectivity index (χ4v) is 4.13. The first-order chi connectivity index (χ1) is 15.8. The highest BCUT2D eigenvalue weighted by Crippen LogP contribution is 2.30. The second kappa shape index (κ2) is 9.24. The standard InChI is InChI=1S/C26H24N2O5/c1-16-12-17(2)14-19(13-16)27-22(29)15-33-23(30)10-5-11-28-25(31)20-8-3-6-18-7-4-9-21(24(18)20)26(28)32/h3-4,6-9,12-14H,5,10-11,15H2,1-2H3,(H,27,29). The van der Waals surface area contributed by atoms with Crippen LogP contribution in [0.1, 0.15) is 44.7 Å². The zero-order chi connectivity index (χ0) is 23.5. The number of amides is 3. The van der Waals surface area contributed by atoms with E-state index in [-0.39, 0.29) is 31.2 Å². The third kappa shape index (κ3) is 4.77. The van der Waals surface area contributed by atoms with Gasteiger partial charge in [0.25, 0.3) is 17.7 Å². The normalized spacial score (nSPS) is 12.7. The molecule has 0 bridgehead atoms. The van der Waals surface area contributed by atoms with Crippen LogP contribution >= 0.6 is 0 Å². The van der Waals surface area contributed by atoms with Crippen molar-refractivity contribution in [1.29, 1.82) is 0 Å². The highest BCUT2D eigenvalue weighted by molar-refractivity contribution is 6.25. The number of aryl methyl sites for hydroxylation is 2. The van der Waals surface area contributed by atoms with Crippen molar-refractivity contribution in [3.05, 3.63) is 76.9 Å². The van der Waals surface area contributed by atoms with E-state index in [1.165, 1.54) is 0 Å². The van der Waals surface area contributed by atoms with Gasteiger partial charge in [-0.05, 0) is 61.0 Å². The molecule has 7 nitrogen and oxygen atoms in total. The Morgan fingerprint density at radius 2 is 1.52 bits per heavy atom. The van der Waals surface area contributed by atoms with Crippen LogP contribution in [0.4, 0.5) is 5.69 Å². The van der Waals surface area contributed by atoms with E-state index in [1.54, 1.807) is 24.3 Å². The summed E-state index contributed by atoms with van der Waals surface area (Å²) in [5.41, 5.74) is 3.64. The van der Waals surface area contributed by atoms with Gasteiger partial charge in [0.2, 0.25) is 0 Å². The molecular weight excluding hydrogens is 420 g/mol. The lowest BCUT2D eigenvalue weighted by Gasteiger charge is -2.27. The molecule has 33 heavy (non-hydrogen) atoms. The van der Waals surface area contributed by atoms with Crippen LogP contribution in [0.5, 0.6) is 0 Å². The number of nitrogens with one attached hydrogen (secondary N) is 1. The summed E-state index contributed by atoms with van der Waals surface area (Å²) in [5.74, 6) is -1.74. The van der Waals surface area contributed by atoms with Crippen molar-refractivity contribution in [2.45, 2.75) is 26.7 Å². The molecule has 3 aromatic carbocycles. The molecular formula is C26H24N2O5. The molecule has 1 aliphatic rings. The Kier molecular flexibility index (Phi) is 6.22. The molecule has 1 aliphatic heterocycles. The van der Waals surface area contributed by atoms with E-state index >= 15 is 0 Å². The van der Waals surface area contributed by atoms with Gasteiger partial charge in [-0.3, -0.25) is 24.1 Å². The summed E-state index contributed by atoms with van der Waals surface area (Å²) >= 11 is 0. The van der Waals surface area contributed by atoms with E-state index in [2.05, 4.69) is 5.32 Å². The Morgan fingerprint density at radius 1 is 0.909 bits per heavy atom. The molecule has 1 heterocycles. The predicted molar refractivity (Wildman–Crippen MR) is 124 cm³/mol. The molecule has 0 fully saturated rings. The smallest absolute Gasteiger partial charge is 0.306 e. The van der Waals surface area contributed by atoms with Gasteiger partial charge in [0.15, 0.2) is 6.61 Å². The van der Waals surface area contributed by atoms with Crippen LogP contribution in [0.3, 0.4) is 0 Å². The number of carbonyl (C=O) groups excluding carboxylic acids is 4. The second-order valence-corrected chi connectivity index (χ2v) is 8.16. The molecule has 4 rings (SSSR count). The Balaban J connectivity index is 1.29. The van der Waals surface area contributed by atoms with Gasteiger partial charge in [0.05, 0.1) is 0 Å². The molecule has 0 aliphatic carbocycles. The minimum Gasteiger partial charge on any atom is -0.456 e. The maximum atomic E-state index is 12.9. The number of imide groups is 1. The number of nitrogens with zero attached hydrogens (tertiary/aromatic N) is 1. The van der Waals surface area contributed by atoms with E-state index in [0.717, 1.165) is 21.4 Å². The molecule has 3 amide bonds. The van der Waals surface area contributed by atoms with Crippen molar-refractivity contribution < 1.29 is 23.9 Å². The lowest BCUT2D eigenvalue weighted by atomic mass is 9.94. The summed E-state index contributed by atoms with van der Waals surface area (Å²) < 4.78 is 5.04. The average Bonchev–Trinajstić information content (AvgIpc) is 2.77. The van der Waals surface area contributed by atoms with Gasteiger partial charge in [-0.1, -0.05) is 30.3 Å². The van der Waals surface area contributed by atoms with Crippen LogP contribution in [-0.4, -0.2) is 41.7 Å². The molecule has 168 valence electrons. The van der Waals surface area contributed by atoms with E-state index in [4.69, 9.17) is 4.74 Å². The van der Waals surface area contributed by atoms with Crippen molar-refractivity contribution in [2.75, 3.05) is 18.5 Å². The Bertz CT molecular complexity index is 1210. The molecule has 1 N–H and O–H groups in total. The third-order valence-electron chi connectivity index (χ3n) is 5.49. The van der Waals surface area contributed by atoms with Gasteiger partial charge in [-0.25, -0.2) is 0 Å². The van der Waals surface area contributed by atoms with E-state index in [1.807, 2.05) is 44.2 Å². The Morgan fingerprint density at radius 3 is 2.12 bits per heavy atom. The quantitative estimate of drug-likeness (QED) is 0.439. The fraction of sp³-hybridized carbons (Fsp3) is 0.231. The first kappa shape index (κ1) is 22.2. The van der Waals surface area contributed by atoms with Crippen LogP contribution in [0.2, 0.25) is 0 Å². The van der Waals surface area contributed by atoms with Crippen molar-refractivity contribution >= 4 is 40.2 Å². The van der Waals surface area contributed by atoms with Gasteiger partial charge in [-0.15, -0.1) is 0 Å². The number of benzene rings is 3. The molecule has 0 unspecified atom stereocenters. The van der Waals surface area contributed by atoms with Crippen LogP contribution in [0.15, 0.2) is 54.6 Å². The lowest BCUT2D eigenvalue weighted by molar-refractivity contribution is -0.147. The Labute approximate surface area is 191 Å². The number of ether oxygens (including phenoxy) is 1. The monoisotopic (exact) mass is 444 g/mol. The molecule has 0 aromatic heterocycles.